The molecular weight excluding hydrogens is 218 g/mol. The lowest BCUT2D eigenvalue weighted by atomic mass is 10.1. The summed E-state index contributed by atoms with van der Waals surface area (Å²) in [5.74, 6) is 0.680. The van der Waals surface area contributed by atoms with E-state index in [1.807, 2.05) is 0 Å². The van der Waals surface area contributed by atoms with E-state index in [1.54, 1.807) is 22.8 Å². The number of rotatable bonds is 2. The van der Waals surface area contributed by atoms with Gasteiger partial charge in [-0.3, -0.25) is 4.79 Å². The first kappa shape index (κ1) is 10.4. The van der Waals surface area contributed by atoms with E-state index < -0.39 is 0 Å². The van der Waals surface area contributed by atoms with Crippen molar-refractivity contribution in [3.63, 3.8) is 0 Å². The quantitative estimate of drug-likeness (QED) is 0.739. The summed E-state index contributed by atoms with van der Waals surface area (Å²) in [6.07, 6.45) is 5.76. The summed E-state index contributed by atoms with van der Waals surface area (Å²) in [5.41, 5.74) is 1.16. The van der Waals surface area contributed by atoms with Crippen LogP contribution in [0, 0.1) is 0 Å². The van der Waals surface area contributed by atoms with Crippen molar-refractivity contribution in [3.8, 4) is 0 Å². The van der Waals surface area contributed by atoms with Crippen molar-refractivity contribution in [1.82, 2.24) is 14.6 Å². The third kappa shape index (κ3) is 1.82. The van der Waals surface area contributed by atoms with Gasteiger partial charge >= 0.3 is 0 Å². The van der Waals surface area contributed by atoms with Crippen LogP contribution < -0.4 is 0 Å². The van der Waals surface area contributed by atoms with Crippen molar-refractivity contribution in [3.05, 3.63) is 29.7 Å². The number of nitrogens with zero attached hydrogens (tertiary/aromatic N) is 3. The van der Waals surface area contributed by atoms with Gasteiger partial charge in [0.05, 0.1) is 5.56 Å². The second-order valence-electron chi connectivity index (χ2n) is 4.17. The molecule has 2 aromatic heterocycles. The van der Waals surface area contributed by atoms with E-state index in [-0.39, 0.29) is 6.10 Å². The summed E-state index contributed by atoms with van der Waals surface area (Å²) in [4.78, 5) is 15.3. The Morgan fingerprint density at radius 1 is 1.47 bits per heavy atom. The van der Waals surface area contributed by atoms with Crippen LogP contribution in [0.2, 0.25) is 0 Å². The normalized spacial score (nSPS) is 20.6. The lowest BCUT2D eigenvalue weighted by Crippen LogP contribution is -2.12. The zero-order valence-electron chi connectivity index (χ0n) is 9.37. The molecule has 0 spiro atoms. The first-order chi connectivity index (χ1) is 8.38. The molecular formula is C12H13N3O2. The highest BCUT2D eigenvalue weighted by molar-refractivity contribution is 5.83. The average molecular weight is 231 g/mol. The predicted octanol–water partition coefficient (Wildman–Crippen LogP) is 1.78. The topological polar surface area (TPSA) is 56.5 Å². The van der Waals surface area contributed by atoms with Crippen LogP contribution in [0.4, 0.5) is 0 Å². The summed E-state index contributed by atoms with van der Waals surface area (Å²) in [5, 5.41) is 4.37. The lowest BCUT2D eigenvalue weighted by Gasteiger charge is -2.19. The molecule has 1 aliphatic rings. The number of pyridine rings is 1. The standard InChI is InChI=1S/C12H13N3O2/c16-8-9-4-3-6-15-12(9)13-11(14-15)10-5-1-2-7-17-10/h3-4,6,8,10H,1-2,5,7H2. The summed E-state index contributed by atoms with van der Waals surface area (Å²) in [7, 11) is 0. The van der Waals surface area contributed by atoms with E-state index >= 15 is 0 Å². The smallest absolute Gasteiger partial charge is 0.180 e. The molecule has 0 bridgehead atoms. The molecule has 1 saturated heterocycles. The third-order valence-corrected chi connectivity index (χ3v) is 3.00. The molecule has 0 aromatic carbocycles. The van der Waals surface area contributed by atoms with Crippen molar-refractivity contribution in [2.24, 2.45) is 0 Å². The van der Waals surface area contributed by atoms with Gasteiger partial charge in [-0.1, -0.05) is 0 Å². The van der Waals surface area contributed by atoms with Crippen molar-refractivity contribution in [1.29, 1.82) is 0 Å². The maximum Gasteiger partial charge on any atom is 0.180 e. The van der Waals surface area contributed by atoms with Crippen LogP contribution in [-0.4, -0.2) is 27.5 Å². The van der Waals surface area contributed by atoms with E-state index in [2.05, 4.69) is 10.1 Å². The summed E-state index contributed by atoms with van der Waals surface area (Å²) in [6, 6.07) is 3.53. The summed E-state index contributed by atoms with van der Waals surface area (Å²) in [6.45, 7) is 0.765. The molecule has 2 aromatic rings. The highest BCUT2D eigenvalue weighted by Gasteiger charge is 2.21. The van der Waals surface area contributed by atoms with Crippen molar-refractivity contribution < 1.29 is 9.53 Å². The zero-order valence-corrected chi connectivity index (χ0v) is 9.37. The molecule has 5 heteroatoms. The molecule has 1 atom stereocenters. The molecule has 0 amide bonds. The number of hydrogen-bond donors (Lipinski definition) is 0. The molecule has 1 unspecified atom stereocenters. The van der Waals surface area contributed by atoms with Crippen LogP contribution in [0.1, 0.15) is 41.5 Å². The van der Waals surface area contributed by atoms with Gasteiger partial charge in [-0.2, -0.15) is 0 Å². The van der Waals surface area contributed by atoms with Gasteiger partial charge in [0.15, 0.2) is 17.8 Å². The zero-order chi connectivity index (χ0) is 11.7. The van der Waals surface area contributed by atoms with Crippen molar-refractivity contribution in [2.75, 3.05) is 6.61 Å². The average Bonchev–Trinajstić information content (AvgIpc) is 2.83. The Morgan fingerprint density at radius 2 is 2.41 bits per heavy atom. The summed E-state index contributed by atoms with van der Waals surface area (Å²) >= 11 is 0. The highest BCUT2D eigenvalue weighted by atomic mass is 16.5. The molecule has 0 aliphatic carbocycles. The van der Waals surface area contributed by atoms with Gasteiger partial charge in [-0.25, -0.2) is 9.50 Å². The van der Waals surface area contributed by atoms with Crippen molar-refractivity contribution in [2.45, 2.75) is 25.4 Å². The number of carbonyl (C=O) groups is 1. The second kappa shape index (κ2) is 4.25. The van der Waals surface area contributed by atoms with Gasteiger partial charge in [0.2, 0.25) is 0 Å². The molecule has 5 nitrogen and oxygen atoms in total. The first-order valence-corrected chi connectivity index (χ1v) is 5.80. The number of aromatic nitrogens is 3. The number of aldehydes is 1. The molecule has 88 valence electrons. The van der Waals surface area contributed by atoms with E-state index in [1.165, 1.54) is 0 Å². The minimum Gasteiger partial charge on any atom is -0.370 e. The fourth-order valence-electron chi connectivity index (χ4n) is 2.12. The lowest BCUT2D eigenvalue weighted by molar-refractivity contribution is 0.00961. The Balaban J connectivity index is 2.03. The Labute approximate surface area is 98.4 Å². The number of carbonyl (C=O) groups excluding carboxylic acids is 1. The minimum absolute atomic E-state index is 0.0249. The van der Waals surface area contributed by atoms with E-state index in [9.17, 15) is 4.79 Å². The van der Waals surface area contributed by atoms with Crippen LogP contribution in [0.5, 0.6) is 0 Å². The van der Waals surface area contributed by atoms with Crippen LogP contribution in [0.3, 0.4) is 0 Å². The molecule has 1 aliphatic heterocycles. The molecule has 0 radical (unpaired) electrons. The van der Waals surface area contributed by atoms with Gasteiger partial charge in [0, 0.05) is 12.8 Å². The minimum atomic E-state index is -0.0249. The first-order valence-electron chi connectivity index (χ1n) is 5.80. The fraction of sp³-hybridized carbons (Fsp3) is 0.417. The Bertz CT molecular complexity index is 544. The predicted molar refractivity (Wildman–Crippen MR) is 60.9 cm³/mol. The van der Waals surface area contributed by atoms with Gasteiger partial charge in [0.1, 0.15) is 6.10 Å². The highest BCUT2D eigenvalue weighted by Crippen LogP contribution is 2.25. The van der Waals surface area contributed by atoms with Crippen LogP contribution in [0.25, 0.3) is 5.65 Å². The van der Waals surface area contributed by atoms with Crippen LogP contribution in [-0.2, 0) is 4.74 Å². The SMILES string of the molecule is O=Cc1cccn2nc(C3CCCCO3)nc12. The molecule has 3 rings (SSSR count). The molecule has 0 N–H and O–H groups in total. The largest absolute Gasteiger partial charge is 0.370 e. The van der Waals surface area contributed by atoms with Gasteiger partial charge in [0.25, 0.3) is 0 Å². The van der Waals surface area contributed by atoms with Crippen LogP contribution >= 0.6 is 0 Å². The second-order valence-corrected chi connectivity index (χ2v) is 4.17. The molecule has 0 saturated carbocycles. The monoisotopic (exact) mass is 231 g/mol. The maximum absolute atomic E-state index is 10.9. The van der Waals surface area contributed by atoms with E-state index in [0.29, 0.717) is 17.0 Å². The van der Waals surface area contributed by atoms with Crippen molar-refractivity contribution >= 4 is 11.9 Å². The number of fused-ring (bicyclic) bond motifs is 1. The molecule has 17 heavy (non-hydrogen) atoms. The summed E-state index contributed by atoms with van der Waals surface area (Å²) < 4.78 is 7.28. The number of ether oxygens (including phenoxy) is 1. The maximum atomic E-state index is 10.9. The van der Waals surface area contributed by atoms with Gasteiger partial charge < -0.3 is 4.74 Å². The Hall–Kier alpha value is -1.75. The Kier molecular flexibility index (Phi) is 2.60. The fourth-order valence-corrected chi connectivity index (χ4v) is 2.12. The molecule has 1 fully saturated rings. The third-order valence-electron chi connectivity index (χ3n) is 3.00. The van der Waals surface area contributed by atoms with E-state index in [4.69, 9.17) is 4.74 Å². The Morgan fingerprint density at radius 3 is 3.18 bits per heavy atom. The molecule has 3 heterocycles. The number of hydrogen-bond acceptors (Lipinski definition) is 4. The van der Waals surface area contributed by atoms with Gasteiger partial charge in [-0.15, -0.1) is 5.10 Å². The van der Waals surface area contributed by atoms with Crippen LogP contribution in [0.15, 0.2) is 18.3 Å². The van der Waals surface area contributed by atoms with E-state index in [0.717, 1.165) is 32.2 Å². The van der Waals surface area contributed by atoms with Gasteiger partial charge in [-0.05, 0) is 31.4 Å².